The van der Waals surface area contributed by atoms with Crippen LogP contribution >= 0.6 is 27.3 Å². The summed E-state index contributed by atoms with van der Waals surface area (Å²) >= 11 is 5.02. The molecule has 0 bridgehead atoms. The zero-order valence-electron chi connectivity index (χ0n) is 11.9. The van der Waals surface area contributed by atoms with Crippen LogP contribution in [0, 0.1) is 12.8 Å². The molecule has 3 rings (SSSR count). The van der Waals surface area contributed by atoms with Crippen molar-refractivity contribution in [2.24, 2.45) is 5.92 Å². The van der Waals surface area contributed by atoms with Gasteiger partial charge in [-0.1, -0.05) is 6.07 Å². The van der Waals surface area contributed by atoms with Gasteiger partial charge in [0.05, 0.1) is 4.88 Å². The number of hydrogen-bond donors (Lipinski definition) is 0. The Bertz CT molecular complexity index is 634. The van der Waals surface area contributed by atoms with Crippen LogP contribution in [0.15, 0.2) is 34.2 Å². The quantitative estimate of drug-likeness (QED) is 0.760. The molecule has 0 unspecified atom stereocenters. The fourth-order valence-corrected chi connectivity index (χ4v) is 3.65. The van der Waals surface area contributed by atoms with E-state index in [0.29, 0.717) is 5.78 Å². The van der Waals surface area contributed by atoms with Crippen molar-refractivity contribution in [3.63, 3.8) is 0 Å². The van der Waals surface area contributed by atoms with Crippen molar-refractivity contribution in [1.29, 1.82) is 0 Å². The predicted molar refractivity (Wildman–Crippen MR) is 90.3 cm³/mol. The molecule has 0 aliphatic carbocycles. The summed E-state index contributed by atoms with van der Waals surface area (Å²) in [4.78, 5) is 20.0. The lowest BCUT2D eigenvalue weighted by atomic mass is 9.92. The summed E-state index contributed by atoms with van der Waals surface area (Å²) in [5.41, 5.74) is 1.19. The number of rotatable bonds is 3. The first-order valence-corrected chi connectivity index (χ1v) is 8.77. The standard InChI is InChI=1S/C16H17BrN2OS/c1-11-9-15(18-10-13(11)17)19-6-4-12(5-7-19)16(20)14-3-2-8-21-14/h2-3,8-10,12H,4-7H2,1H3. The second kappa shape index (κ2) is 6.28. The number of aromatic nitrogens is 1. The van der Waals surface area contributed by atoms with E-state index in [9.17, 15) is 4.79 Å². The van der Waals surface area contributed by atoms with Crippen molar-refractivity contribution in [2.75, 3.05) is 18.0 Å². The highest BCUT2D eigenvalue weighted by atomic mass is 79.9. The van der Waals surface area contributed by atoms with Crippen molar-refractivity contribution >= 4 is 38.9 Å². The summed E-state index contributed by atoms with van der Waals surface area (Å²) in [6.07, 6.45) is 3.68. The van der Waals surface area contributed by atoms with E-state index in [-0.39, 0.29) is 5.92 Å². The highest BCUT2D eigenvalue weighted by Gasteiger charge is 2.26. The first kappa shape index (κ1) is 14.7. The van der Waals surface area contributed by atoms with Gasteiger partial charge in [-0.25, -0.2) is 4.98 Å². The third-order valence-electron chi connectivity index (χ3n) is 3.99. The first-order chi connectivity index (χ1) is 10.1. The lowest BCUT2D eigenvalue weighted by molar-refractivity contribution is 0.0904. The van der Waals surface area contributed by atoms with Crippen LogP contribution in [-0.4, -0.2) is 23.9 Å². The maximum Gasteiger partial charge on any atom is 0.175 e. The van der Waals surface area contributed by atoms with Crippen LogP contribution in [-0.2, 0) is 0 Å². The van der Waals surface area contributed by atoms with Crippen LogP contribution in [0.5, 0.6) is 0 Å². The second-order valence-corrected chi connectivity index (χ2v) is 7.20. The monoisotopic (exact) mass is 364 g/mol. The van der Waals surface area contributed by atoms with Gasteiger partial charge in [0, 0.05) is 29.7 Å². The molecule has 110 valence electrons. The number of ketones is 1. The molecule has 21 heavy (non-hydrogen) atoms. The van der Waals surface area contributed by atoms with Crippen LogP contribution in [0.2, 0.25) is 0 Å². The lowest BCUT2D eigenvalue weighted by Crippen LogP contribution is -2.36. The van der Waals surface area contributed by atoms with Crippen LogP contribution in [0.4, 0.5) is 5.82 Å². The number of aryl methyl sites for hydroxylation is 1. The van der Waals surface area contributed by atoms with E-state index in [1.165, 1.54) is 5.56 Å². The summed E-state index contributed by atoms with van der Waals surface area (Å²) in [7, 11) is 0. The Morgan fingerprint density at radius 2 is 2.19 bits per heavy atom. The minimum Gasteiger partial charge on any atom is -0.357 e. The summed E-state index contributed by atoms with van der Waals surface area (Å²) < 4.78 is 1.04. The molecule has 1 fully saturated rings. The summed E-state index contributed by atoms with van der Waals surface area (Å²) in [6, 6.07) is 5.98. The zero-order chi connectivity index (χ0) is 14.8. The first-order valence-electron chi connectivity index (χ1n) is 7.10. The average Bonchev–Trinajstić information content (AvgIpc) is 3.04. The summed E-state index contributed by atoms with van der Waals surface area (Å²) in [5.74, 6) is 1.48. The van der Waals surface area contributed by atoms with E-state index in [1.807, 2.05) is 23.7 Å². The van der Waals surface area contributed by atoms with E-state index in [4.69, 9.17) is 0 Å². The molecule has 0 aromatic carbocycles. The molecule has 1 aliphatic rings. The number of anilines is 1. The Morgan fingerprint density at radius 3 is 2.81 bits per heavy atom. The van der Waals surface area contributed by atoms with E-state index < -0.39 is 0 Å². The number of carbonyl (C=O) groups is 1. The zero-order valence-corrected chi connectivity index (χ0v) is 14.3. The van der Waals surface area contributed by atoms with Crippen molar-refractivity contribution in [3.05, 3.63) is 44.7 Å². The molecule has 0 radical (unpaired) electrons. The van der Waals surface area contributed by atoms with Crippen molar-refractivity contribution < 1.29 is 4.79 Å². The van der Waals surface area contributed by atoms with Crippen LogP contribution in [0.1, 0.15) is 28.1 Å². The number of carbonyl (C=O) groups excluding carboxylic acids is 1. The topological polar surface area (TPSA) is 33.2 Å². The Hall–Kier alpha value is -1.20. The number of piperidine rings is 1. The number of pyridine rings is 1. The van der Waals surface area contributed by atoms with Gasteiger partial charge in [-0.15, -0.1) is 11.3 Å². The van der Waals surface area contributed by atoms with Crippen molar-refractivity contribution in [2.45, 2.75) is 19.8 Å². The number of hydrogen-bond acceptors (Lipinski definition) is 4. The summed E-state index contributed by atoms with van der Waals surface area (Å²) in [6.45, 7) is 3.87. The van der Waals surface area contributed by atoms with Gasteiger partial charge in [0.25, 0.3) is 0 Å². The number of nitrogens with zero attached hydrogens (tertiary/aromatic N) is 2. The summed E-state index contributed by atoms with van der Waals surface area (Å²) in [5, 5.41) is 1.97. The fraction of sp³-hybridized carbons (Fsp3) is 0.375. The van der Waals surface area contributed by atoms with Gasteiger partial charge in [0.1, 0.15) is 5.82 Å². The van der Waals surface area contributed by atoms with Crippen LogP contribution in [0.3, 0.4) is 0 Å². The molecular weight excluding hydrogens is 348 g/mol. The SMILES string of the molecule is Cc1cc(N2CCC(C(=O)c3cccs3)CC2)ncc1Br. The molecule has 0 atom stereocenters. The third-order valence-corrected chi connectivity index (χ3v) is 5.70. The highest BCUT2D eigenvalue weighted by Crippen LogP contribution is 2.27. The van der Waals surface area contributed by atoms with E-state index in [0.717, 1.165) is 41.1 Å². The molecule has 2 aromatic heterocycles. The maximum atomic E-state index is 12.4. The molecular formula is C16H17BrN2OS. The molecule has 0 saturated carbocycles. The van der Waals surface area contributed by atoms with E-state index in [1.54, 1.807) is 11.3 Å². The van der Waals surface area contributed by atoms with Gasteiger partial charge in [-0.3, -0.25) is 4.79 Å². The smallest absolute Gasteiger partial charge is 0.175 e. The molecule has 0 N–H and O–H groups in total. The van der Waals surface area contributed by atoms with Gasteiger partial charge in [0.2, 0.25) is 0 Å². The Kier molecular flexibility index (Phi) is 4.40. The van der Waals surface area contributed by atoms with E-state index in [2.05, 4.69) is 38.8 Å². The molecule has 2 aromatic rings. The van der Waals surface area contributed by atoms with Crippen LogP contribution < -0.4 is 4.90 Å². The average molecular weight is 365 g/mol. The Labute approximate surface area is 137 Å². The van der Waals surface area contributed by atoms with Gasteiger partial charge < -0.3 is 4.90 Å². The predicted octanol–water partition coefficient (Wildman–Crippen LogP) is 4.31. The van der Waals surface area contributed by atoms with Gasteiger partial charge in [-0.05, 0) is 58.8 Å². The minimum absolute atomic E-state index is 0.163. The van der Waals surface area contributed by atoms with Crippen LogP contribution in [0.25, 0.3) is 0 Å². The highest BCUT2D eigenvalue weighted by molar-refractivity contribution is 9.10. The Morgan fingerprint density at radius 1 is 1.43 bits per heavy atom. The van der Waals surface area contributed by atoms with Crippen molar-refractivity contribution in [1.82, 2.24) is 4.98 Å². The Balaban J connectivity index is 1.65. The van der Waals surface area contributed by atoms with Gasteiger partial charge in [0.15, 0.2) is 5.78 Å². The molecule has 0 amide bonds. The largest absolute Gasteiger partial charge is 0.357 e. The molecule has 1 aliphatic heterocycles. The fourth-order valence-electron chi connectivity index (χ4n) is 2.69. The number of Topliss-reactive ketones (excluding diaryl/α,β-unsaturated/α-hetero) is 1. The molecule has 3 nitrogen and oxygen atoms in total. The molecule has 1 saturated heterocycles. The molecule has 0 spiro atoms. The van der Waals surface area contributed by atoms with Gasteiger partial charge >= 0.3 is 0 Å². The van der Waals surface area contributed by atoms with E-state index >= 15 is 0 Å². The number of halogens is 1. The third kappa shape index (κ3) is 3.19. The van der Waals surface area contributed by atoms with Gasteiger partial charge in [-0.2, -0.15) is 0 Å². The second-order valence-electron chi connectivity index (χ2n) is 5.39. The lowest BCUT2D eigenvalue weighted by Gasteiger charge is -2.32. The normalized spacial score (nSPS) is 16.2. The molecule has 3 heterocycles. The minimum atomic E-state index is 0.163. The maximum absolute atomic E-state index is 12.4. The van der Waals surface area contributed by atoms with Crippen molar-refractivity contribution in [3.8, 4) is 0 Å². The number of thiophene rings is 1. The molecule has 5 heteroatoms.